The normalized spacial score (nSPS) is 22.1. The Labute approximate surface area is 136 Å². The van der Waals surface area contributed by atoms with E-state index in [1.54, 1.807) is 6.08 Å². The molecular weight excluding hydrogens is 322 g/mol. The molecule has 5 nitrogen and oxygen atoms in total. The summed E-state index contributed by atoms with van der Waals surface area (Å²) < 4.78 is 5.92. The lowest BCUT2D eigenvalue weighted by Crippen LogP contribution is -2.33. The molecule has 1 aromatic carbocycles. The molecule has 1 fully saturated rings. The van der Waals surface area contributed by atoms with E-state index in [9.17, 15) is 9.59 Å². The van der Waals surface area contributed by atoms with Crippen LogP contribution in [0.5, 0.6) is 5.75 Å². The van der Waals surface area contributed by atoms with Crippen LogP contribution in [-0.4, -0.2) is 38.9 Å². The van der Waals surface area contributed by atoms with Crippen molar-refractivity contribution in [1.29, 1.82) is 0 Å². The minimum Gasteiger partial charge on any atom is -0.490 e. The molecule has 0 aliphatic carbocycles. The summed E-state index contributed by atoms with van der Waals surface area (Å²) in [6, 6.07) is 5.76. The molecule has 0 saturated carbocycles. The topological polar surface area (TPSA) is 66.8 Å². The minimum atomic E-state index is -1.08. The number of thiocarbonyl (C=S) groups is 1. The van der Waals surface area contributed by atoms with Crippen molar-refractivity contribution in [2.24, 2.45) is 0 Å². The van der Waals surface area contributed by atoms with Gasteiger partial charge in [-0.1, -0.05) is 30.0 Å². The van der Waals surface area contributed by atoms with Crippen LogP contribution < -0.4 is 4.74 Å². The van der Waals surface area contributed by atoms with Crippen molar-refractivity contribution in [3.8, 4) is 5.75 Å². The molecule has 2 heterocycles. The van der Waals surface area contributed by atoms with Gasteiger partial charge < -0.3 is 9.84 Å². The minimum absolute atomic E-state index is 0.166. The fraction of sp³-hybridized carbons (Fsp3) is 0.267. The number of carboxylic acids is 1. The van der Waals surface area contributed by atoms with Gasteiger partial charge in [0.05, 0.1) is 4.91 Å². The molecule has 1 atom stereocenters. The van der Waals surface area contributed by atoms with E-state index < -0.39 is 12.5 Å². The van der Waals surface area contributed by atoms with Gasteiger partial charge in [-0.25, -0.2) is 0 Å². The molecular formula is C15H13NO4S2. The molecule has 2 aliphatic rings. The quantitative estimate of drug-likeness (QED) is 0.675. The number of carboxylic acid groups (broad SMARTS) is 1. The second kappa shape index (κ2) is 5.73. The number of hydrogen-bond acceptors (Lipinski definition) is 5. The first kappa shape index (κ1) is 15.1. The van der Waals surface area contributed by atoms with E-state index in [4.69, 9.17) is 22.1 Å². The lowest BCUT2D eigenvalue weighted by molar-refractivity contribution is -0.140. The number of benzene rings is 1. The van der Waals surface area contributed by atoms with Crippen molar-refractivity contribution in [2.45, 2.75) is 19.4 Å². The van der Waals surface area contributed by atoms with E-state index in [-0.39, 0.29) is 16.3 Å². The third-order valence-electron chi connectivity index (χ3n) is 3.38. The van der Waals surface area contributed by atoms with Crippen molar-refractivity contribution < 1.29 is 19.4 Å². The number of rotatable bonds is 3. The standard InChI is InChI=1S/C15H13NO4S2/c1-8-4-10-5-9(2-3-11(10)20-8)6-12-14(19)16(7-13(17)18)15(21)22-12/h2-3,5-6,8H,4,7H2,1H3,(H,17,18)/b12-6+/t8-/m0/s1. The summed E-state index contributed by atoms with van der Waals surface area (Å²) in [5, 5.41) is 8.82. The van der Waals surface area contributed by atoms with Gasteiger partial charge in [0, 0.05) is 6.42 Å². The van der Waals surface area contributed by atoms with E-state index in [1.807, 2.05) is 25.1 Å². The van der Waals surface area contributed by atoms with Crippen LogP contribution in [0.3, 0.4) is 0 Å². The Hall–Kier alpha value is -1.86. The van der Waals surface area contributed by atoms with Crippen LogP contribution >= 0.6 is 24.0 Å². The number of carbonyl (C=O) groups is 2. The zero-order chi connectivity index (χ0) is 15.9. The second-order valence-electron chi connectivity index (χ2n) is 5.16. The number of thioether (sulfide) groups is 1. The highest BCUT2D eigenvalue weighted by Crippen LogP contribution is 2.34. The van der Waals surface area contributed by atoms with Gasteiger partial charge in [0.25, 0.3) is 5.91 Å². The van der Waals surface area contributed by atoms with Crippen molar-refractivity contribution >= 4 is 46.3 Å². The predicted octanol–water partition coefficient (Wildman–Crippen LogP) is 2.30. The number of fused-ring (bicyclic) bond motifs is 1. The van der Waals surface area contributed by atoms with Gasteiger partial charge in [0.2, 0.25) is 0 Å². The number of carbonyl (C=O) groups excluding carboxylic acids is 1. The van der Waals surface area contributed by atoms with Gasteiger partial charge in [-0.3, -0.25) is 14.5 Å². The fourth-order valence-corrected chi connectivity index (χ4v) is 3.71. The predicted molar refractivity (Wildman–Crippen MR) is 87.8 cm³/mol. The van der Waals surface area contributed by atoms with Gasteiger partial charge in [-0.15, -0.1) is 0 Å². The van der Waals surface area contributed by atoms with Crippen LogP contribution in [-0.2, 0) is 16.0 Å². The lowest BCUT2D eigenvalue weighted by Gasteiger charge is -2.10. The Kier molecular flexibility index (Phi) is 3.92. The summed E-state index contributed by atoms with van der Waals surface area (Å²) in [6.45, 7) is 1.61. The average molecular weight is 335 g/mol. The zero-order valence-corrected chi connectivity index (χ0v) is 13.4. The van der Waals surface area contributed by atoms with E-state index >= 15 is 0 Å². The van der Waals surface area contributed by atoms with Gasteiger partial charge in [0.15, 0.2) is 0 Å². The first-order valence-corrected chi connectivity index (χ1v) is 7.93. The molecule has 1 saturated heterocycles. The number of hydrogen-bond donors (Lipinski definition) is 1. The molecule has 2 aliphatic heterocycles. The highest BCUT2D eigenvalue weighted by atomic mass is 32.2. The van der Waals surface area contributed by atoms with Crippen molar-refractivity contribution in [2.75, 3.05) is 6.54 Å². The molecule has 0 spiro atoms. The maximum atomic E-state index is 12.2. The van der Waals surface area contributed by atoms with Crippen molar-refractivity contribution in [3.05, 3.63) is 34.2 Å². The number of amides is 1. The van der Waals surface area contributed by atoms with Gasteiger partial charge >= 0.3 is 5.97 Å². The molecule has 1 aromatic rings. The molecule has 114 valence electrons. The Morgan fingerprint density at radius 3 is 3.09 bits per heavy atom. The molecule has 3 rings (SSSR count). The maximum absolute atomic E-state index is 12.2. The third kappa shape index (κ3) is 2.86. The van der Waals surface area contributed by atoms with Gasteiger partial charge in [-0.05, 0) is 36.3 Å². The van der Waals surface area contributed by atoms with Crippen LogP contribution in [0, 0.1) is 0 Å². The Bertz CT molecular complexity index is 713. The monoisotopic (exact) mass is 335 g/mol. The first-order chi connectivity index (χ1) is 10.4. The number of ether oxygens (including phenoxy) is 1. The van der Waals surface area contributed by atoms with Crippen LogP contribution in [0.4, 0.5) is 0 Å². The Balaban J connectivity index is 1.84. The molecule has 1 amide bonds. The van der Waals surface area contributed by atoms with Crippen LogP contribution in [0.1, 0.15) is 18.1 Å². The van der Waals surface area contributed by atoms with E-state index in [2.05, 4.69) is 0 Å². The second-order valence-corrected chi connectivity index (χ2v) is 6.84. The SMILES string of the molecule is C[C@H]1Cc2cc(/C=C3/SC(=S)N(CC(=O)O)C3=O)ccc2O1. The Morgan fingerprint density at radius 1 is 1.59 bits per heavy atom. The number of nitrogens with zero attached hydrogens (tertiary/aromatic N) is 1. The molecule has 0 radical (unpaired) electrons. The molecule has 0 aromatic heterocycles. The summed E-state index contributed by atoms with van der Waals surface area (Å²) in [5.41, 5.74) is 1.99. The highest BCUT2D eigenvalue weighted by Gasteiger charge is 2.33. The molecule has 0 unspecified atom stereocenters. The summed E-state index contributed by atoms with van der Waals surface area (Å²) in [7, 11) is 0. The van der Waals surface area contributed by atoms with Gasteiger partial charge in [0.1, 0.15) is 22.7 Å². The van der Waals surface area contributed by atoms with E-state index in [1.165, 1.54) is 0 Å². The van der Waals surface area contributed by atoms with E-state index in [0.717, 1.165) is 40.0 Å². The zero-order valence-electron chi connectivity index (χ0n) is 11.7. The van der Waals surface area contributed by atoms with Crippen LogP contribution in [0.2, 0.25) is 0 Å². The lowest BCUT2D eigenvalue weighted by atomic mass is 10.1. The largest absolute Gasteiger partial charge is 0.490 e. The third-order valence-corrected chi connectivity index (χ3v) is 4.76. The number of aliphatic carboxylic acids is 1. The molecule has 1 N–H and O–H groups in total. The summed E-state index contributed by atoms with van der Waals surface area (Å²) in [5.74, 6) is -0.563. The van der Waals surface area contributed by atoms with Gasteiger partial charge in [-0.2, -0.15) is 0 Å². The van der Waals surface area contributed by atoms with Crippen LogP contribution in [0.15, 0.2) is 23.1 Å². The average Bonchev–Trinajstić information content (AvgIpc) is 2.92. The molecule has 0 bridgehead atoms. The summed E-state index contributed by atoms with van der Waals surface area (Å²) in [6.07, 6.45) is 2.75. The fourth-order valence-electron chi connectivity index (χ4n) is 2.45. The first-order valence-electron chi connectivity index (χ1n) is 6.71. The Morgan fingerprint density at radius 2 is 2.36 bits per heavy atom. The maximum Gasteiger partial charge on any atom is 0.323 e. The molecule has 7 heteroatoms. The summed E-state index contributed by atoms with van der Waals surface area (Å²) in [4.78, 5) is 24.5. The van der Waals surface area contributed by atoms with E-state index in [0.29, 0.717) is 4.91 Å². The summed E-state index contributed by atoms with van der Waals surface area (Å²) >= 11 is 6.19. The highest BCUT2D eigenvalue weighted by molar-refractivity contribution is 8.26. The molecule has 22 heavy (non-hydrogen) atoms. The smallest absolute Gasteiger partial charge is 0.323 e. The van der Waals surface area contributed by atoms with Crippen LogP contribution in [0.25, 0.3) is 6.08 Å². The van der Waals surface area contributed by atoms with Crippen molar-refractivity contribution in [3.63, 3.8) is 0 Å². The van der Waals surface area contributed by atoms with Crippen molar-refractivity contribution in [1.82, 2.24) is 4.90 Å².